The molecule has 0 aliphatic carbocycles. The highest BCUT2D eigenvalue weighted by atomic mass is 127. The maximum atomic E-state index is 11.5. The second-order valence-electron chi connectivity index (χ2n) is 3.57. The lowest BCUT2D eigenvalue weighted by Gasteiger charge is -2.13. The minimum Gasteiger partial charge on any atom is -0.420 e. The summed E-state index contributed by atoms with van der Waals surface area (Å²) in [7, 11) is 0. The van der Waals surface area contributed by atoms with Gasteiger partial charge >= 0.3 is 6.09 Å². The summed E-state index contributed by atoms with van der Waals surface area (Å²) < 4.78 is 11.2. The first-order valence-electron chi connectivity index (χ1n) is 5.88. The first kappa shape index (κ1) is 15.8. The number of alkyl halides is 1. The monoisotopic (exact) mass is 373 g/mol. The topological polar surface area (TPSA) is 47.6 Å². The molecule has 0 bridgehead atoms. The average molecular weight is 373 g/mol. The van der Waals surface area contributed by atoms with Crippen LogP contribution in [0.1, 0.15) is 13.3 Å². The van der Waals surface area contributed by atoms with Gasteiger partial charge < -0.3 is 9.47 Å². The molecule has 1 rings (SSSR count). The molecule has 1 amide bonds. The third kappa shape index (κ3) is 7.70. The highest BCUT2D eigenvalue weighted by molar-refractivity contribution is 14.1. The maximum Gasteiger partial charge on any atom is 0.413 e. The lowest BCUT2D eigenvalue weighted by atomic mass is 10.3. The van der Waals surface area contributed by atoms with E-state index in [1.807, 2.05) is 18.2 Å². The van der Waals surface area contributed by atoms with Crippen molar-refractivity contribution in [3.05, 3.63) is 30.3 Å². The number of carbonyl (C=O) groups is 1. The van der Waals surface area contributed by atoms with Crippen molar-refractivity contribution < 1.29 is 14.3 Å². The van der Waals surface area contributed by atoms with Gasteiger partial charge in [0.05, 0.1) is 11.0 Å². The summed E-state index contributed by atoms with van der Waals surface area (Å²) in [6, 6.07) is 9.11. The molecular formula is C14H16INO3. The van der Waals surface area contributed by atoms with Crippen molar-refractivity contribution in [1.82, 2.24) is 0 Å². The van der Waals surface area contributed by atoms with Crippen molar-refractivity contribution in [3.63, 3.8) is 0 Å². The standard InChI is InChI=1S/C14H16INO3/c1-12(18-11-7-3-6-10-15)19-14(17)16-13-8-4-2-5-9-13/h2,4-5,8-9,12H,7,10-11H2,1H3,(H,16,17). The Balaban J connectivity index is 2.21. The molecule has 0 aliphatic rings. The molecular weight excluding hydrogens is 357 g/mol. The van der Waals surface area contributed by atoms with Gasteiger partial charge in [0.15, 0.2) is 0 Å². The van der Waals surface area contributed by atoms with Crippen molar-refractivity contribution in [2.75, 3.05) is 16.4 Å². The Morgan fingerprint density at radius 1 is 1.37 bits per heavy atom. The van der Waals surface area contributed by atoms with Crippen molar-refractivity contribution in [3.8, 4) is 11.8 Å². The zero-order valence-electron chi connectivity index (χ0n) is 10.7. The predicted octanol–water partition coefficient (Wildman–Crippen LogP) is 3.43. The molecule has 0 radical (unpaired) electrons. The van der Waals surface area contributed by atoms with E-state index < -0.39 is 12.4 Å². The smallest absolute Gasteiger partial charge is 0.413 e. The Morgan fingerprint density at radius 2 is 2.11 bits per heavy atom. The van der Waals surface area contributed by atoms with E-state index in [1.165, 1.54) is 0 Å². The summed E-state index contributed by atoms with van der Waals surface area (Å²) in [6.45, 7) is 2.12. The Labute approximate surface area is 127 Å². The zero-order valence-corrected chi connectivity index (χ0v) is 12.8. The van der Waals surface area contributed by atoms with Gasteiger partial charge in [-0.25, -0.2) is 4.79 Å². The summed E-state index contributed by atoms with van der Waals surface area (Å²) in [5.41, 5.74) is 0.688. The van der Waals surface area contributed by atoms with Crippen LogP contribution in [-0.4, -0.2) is 23.4 Å². The van der Waals surface area contributed by atoms with Gasteiger partial charge in [-0.15, -0.1) is 5.92 Å². The van der Waals surface area contributed by atoms with E-state index >= 15 is 0 Å². The van der Waals surface area contributed by atoms with Crippen LogP contribution in [0.3, 0.4) is 0 Å². The van der Waals surface area contributed by atoms with Crippen molar-refractivity contribution in [2.45, 2.75) is 19.6 Å². The number of para-hydroxylation sites is 1. The first-order chi connectivity index (χ1) is 9.22. The minimum atomic E-state index is -0.592. The number of hydrogen-bond acceptors (Lipinski definition) is 3. The van der Waals surface area contributed by atoms with Gasteiger partial charge in [0.1, 0.15) is 0 Å². The number of benzene rings is 1. The van der Waals surface area contributed by atoms with Gasteiger partial charge in [0, 0.05) is 12.1 Å². The molecule has 1 N–H and O–H groups in total. The molecule has 0 aromatic heterocycles. The molecule has 0 spiro atoms. The molecule has 4 nitrogen and oxygen atoms in total. The molecule has 1 aromatic rings. The fourth-order valence-electron chi connectivity index (χ4n) is 1.27. The molecule has 0 saturated carbocycles. The summed E-state index contributed by atoms with van der Waals surface area (Å²) >= 11 is 2.19. The molecule has 102 valence electrons. The highest BCUT2D eigenvalue weighted by Crippen LogP contribution is 2.06. The molecule has 1 atom stereocenters. The van der Waals surface area contributed by atoms with Gasteiger partial charge in [-0.2, -0.15) is 0 Å². The molecule has 19 heavy (non-hydrogen) atoms. The Morgan fingerprint density at radius 3 is 2.79 bits per heavy atom. The fourth-order valence-corrected chi connectivity index (χ4v) is 1.53. The van der Waals surface area contributed by atoms with E-state index in [1.54, 1.807) is 19.1 Å². The number of hydrogen-bond donors (Lipinski definition) is 1. The number of halogens is 1. The first-order valence-corrected chi connectivity index (χ1v) is 7.41. The summed E-state index contributed by atoms with van der Waals surface area (Å²) in [4.78, 5) is 11.5. The predicted molar refractivity (Wildman–Crippen MR) is 83.2 cm³/mol. The summed E-state index contributed by atoms with van der Waals surface area (Å²) in [5.74, 6) is 5.88. The van der Waals surface area contributed by atoms with E-state index in [2.05, 4.69) is 39.7 Å². The largest absolute Gasteiger partial charge is 0.420 e. The average Bonchev–Trinajstić information content (AvgIpc) is 2.39. The Hall–Kier alpha value is -1.26. The van der Waals surface area contributed by atoms with Gasteiger partial charge in [0.25, 0.3) is 0 Å². The normalized spacial score (nSPS) is 11.1. The molecule has 0 heterocycles. The third-order valence-corrected chi connectivity index (χ3v) is 2.45. The summed E-state index contributed by atoms with van der Waals surface area (Å²) in [6.07, 6.45) is -0.487. The number of amides is 1. The van der Waals surface area contributed by atoms with Crippen molar-refractivity contribution in [1.29, 1.82) is 0 Å². The Kier molecular flexibility index (Phi) is 8.02. The van der Waals surface area contributed by atoms with Crippen LogP contribution in [0.5, 0.6) is 0 Å². The molecule has 5 heteroatoms. The lowest BCUT2D eigenvalue weighted by Crippen LogP contribution is -2.22. The quantitative estimate of drug-likeness (QED) is 0.283. The lowest BCUT2D eigenvalue weighted by molar-refractivity contribution is -0.0854. The second-order valence-corrected chi connectivity index (χ2v) is 4.33. The Bertz CT molecular complexity index is 439. The van der Waals surface area contributed by atoms with Crippen LogP contribution in [-0.2, 0) is 9.47 Å². The van der Waals surface area contributed by atoms with Crippen LogP contribution in [0.25, 0.3) is 0 Å². The van der Waals surface area contributed by atoms with Gasteiger partial charge in [-0.3, -0.25) is 5.32 Å². The number of carbonyl (C=O) groups excluding carboxylic acids is 1. The highest BCUT2D eigenvalue weighted by Gasteiger charge is 2.08. The fraction of sp³-hybridized carbons (Fsp3) is 0.357. The van der Waals surface area contributed by atoms with Crippen LogP contribution in [0, 0.1) is 11.8 Å². The third-order valence-electron chi connectivity index (χ3n) is 2.06. The summed E-state index contributed by atoms with van der Waals surface area (Å²) in [5, 5.41) is 2.61. The van der Waals surface area contributed by atoms with E-state index in [0.29, 0.717) is 18.7 Å². The van der Waals surface area contributed by atoms with Crippen LogP contribution < -0.4 is 5.32 Å². The number of rotatable bonds is 5. The maximum absolute atomic E-state index is 11.5. The van der Waals surface area contributed by atoms with Crippen molar-refractivity contribution in [2.24, 2.45) is 0 Å². The van der Waals surface area contributed by atoms with E-state index in [-0.39, 0.29) is 0 Å². The van der Waals surface area contributed by atoms with Crippen LogP contribution in [0.4, 0.5) is 10.5 Å². The molecule has 1 unspecified atom stereocenters. The molecule has 0 aliphatic heterocycles. The van der Waals surface area contributed by atoms with Crippen molar-refractivity contribution >= 4 is 34.4 Å². The van der Waals surface area contributed by atoms with Crippen LogP contribution in [0.2, 0.25) is 0 Å². The van der Waals surface area contributed by atoms with E-state index in [4.69, 9.17) is 9.47 Å². The molecule has 0 saturated heterocycles. The number of ether oxygens (including phenoxy) is 2. The SMILES string of the molecule is CC(OCCC#CCI)OC(=O)Nc1ccccc1. The number of anilines is 1. The van der Waals surface area contributed by atoms with Gasteiger partial charge in [-0.1, -0.05) is 46.7 Å². The second kappa shape index (κ2) is 9.64. The number of nitrogens with one attached hydrogen (secondary N) is 1. The zero-order chi connectivity index (χ0) is 13.9. The van der Waals surface area contributed by atoms with E-state index in [9.17, 15) is 4.79 Å². The molecule has 1 aromatic carbocycles. The van der Waals surface area contributed by atoms with Crippen LogP contribution in [0.15, 0.2) is 30.3 Å². The molecule has 0 fully saturated rings. The van der Waals surface area contributed by atoms with Gasteiger partial charge in [-0.05, 0) is 19.1 Å². The minimum absolute atomic E-state index is 0.448. The van der Waals surface area contributed by atoms with E-state index in [0.717, 1.165) is 4.43 Å². The van der Waals surface area contributed by atoms with Gasteiger partial charge in [0.2, 0.25) is 6.29 Å². The van der Waals surface area contributed by atoms with Crippen LogP contribution >= 0.6 is 22.6 Å².